The summed E-state index contributed by atoms with van der Waals surface area (Å²) >= 11 is 0. The monoisotopic (exact) mass is 426 g/mol. The van der Waals surface area contributed by atoms with Crippen LogP contribution < -0.4 is 10.1 Å². The lowest BCUT2D eigenvalue weighted by atomic mass is 9.97. The number of amides is 1. The molecule has 0 saturated carbocycles. The Morgan fingerprint density at radius 2 is 1.94 bits per heavy atom. The van der Waals surface area contributed by atoms with E-state index in [9.17, 15) is 14.7 Å². The van der Waals surface area contributed by atoms with Gasteiger partial charge < -0.3 is 19.6 Å². The first-order valence-electron chi connectivity index (χ1n) is 9.98. The lowest BCUT2D eigenvalue weighted by molar-refractivity contribution is 0.0663. The van der Waals surface area contributed by atoms with Crippen LogP contribution in [0, 0.1) is 0 Å². The number of carbonyl (C=O) groups excluding carboxylic acids is 1. The zero-order valence-electron chi connectivity index (χ0n) is 16.9. The summed E-state index contributed by atoms with van der Waals surface area (Å²) in [5.41, 5.74) is 5.55. The molecule has 3 heterocycles. The molecular weight excluding hydrogens is 408 g/mol. The Morgan fingerprint density at radius 1 is 1.03 bits per heavy atom. The first-order valence-corrected chi connectivity index (χ1v) is 9.98. The summed E-state index contributed by atoms with van der Waals surface area (Å²) in [6, 6.07) is 16.3. The van der Waals surface area contributed by atoms with Gasteiger partial charge in [0.05, 0.1) is 6.26 Å². The van der Waals surface area contributed by atoms with Crippen LogP contribution in [-0.4, -0.2) is 22.0 Å². The highest BCUT2D eigenvalue weighted by molar-refractivity contribution is 5.96. The van der Waals surface area contributed by atoms with Crippen molar-refractivity contribution in [1.82, 2.24) is 10.3 Å². The van der Waals surface area contributed by atoms with E-state index in [1.54, 1.807) is 36.7 Å². The van der Waals surface area contributed by atoms with Crippen LogP contribution in [0.4, 0.5) is 0 Å². The van der Waals surface area contributed by atoms with E-state index in [1.165, 1.54) is 6.26 Å². The number of aromatic nitrogens is 1. The van der Waals surface area contributed by atoms with Gasteiger partial charge in [-0.15, -0.1) is 0 Å². The van der Waals surface area contributed by atoms with Gasteiger partial charge in [-0.1, -0.05) is 18.2 Å². The minimum Gasteiger partial charge on any atom is -0.488 e. The fourth-order valence-corrected chi connectivity index (χ4v) is 3.80. The molecule has 1 aliphatic rings. The minimum absolute atomic E-state index is 0.113. The lowest BCUT2D eigenvalue weighted by Crippen LogP contribution is -2.23. The molecule has 7 nitrogen and oxygen atoms in total. The van der Waals surface area contributed by atoms with Crippen molar-refractivity contribution >= 4 is 11.9 Å². The van der Waals surface area contributed by atoms with Crippen LogP contribution >= 0.6 is 0 Å². The molecule has 1 amide bonds. The first-order chi connectivity index (χ1) is 15.6. The lowest BCUT2D eigenvalue weighted by Gasteiger charge is -2.20. The zero-order valence-corrected chi connectivity index (χ0v) is 16.9. The number of nitrogens with zero attached hydrogens (tertiary/aromatic N) is 1. The summed E-state index contributed by atoms with van der Waals surface area (Å²) in [5, 5.41) is 12.2. The molecule has 0 unspecified atom stereocenters. The third-order valence-electron chi connectivity index (χ3n) is 5.37. The smallest absolute Gasteiger partial charge is 0.372 e. The maximum atomic E-state index is 12.7. The van der Waals surface area contributed by atoms with Crippen molar-refractivity contribution < 1.29 is 23.8 Å². The number of pyridine rings is 1. The Bertz CT molecular complexity index is 1340. The topological polar surface area (TPSA) is 102 Å². The van der Waals surface area contributed by atoms with Gasteiger partial charge in [0, 0.05) is 41.2 Å². The van der Waals surface area contributed by atoms with Gasteiger partial charge in [-0.05, 0) is 53.1 Å². The second-order valence-corrected chi connectivity index (χ2v) is 7.38. The Hall–Kier alpha value is -4.39. The van der Waals surface area contributed by atoms with E-state index in [1.807, 2.05) is 30.3 Å². The average Bonchev–Trinajstić information content (AvgIpc) is 3.33. The molecule has 0 spiro atoms. The van der Waals surface area contributed by atoms with E-state index in [0.717, 1.165) is 22.3 Å². The van der Waals surface area contributed by atoms with E-state index in [4.69, 9.17) is 9.15 Å². The Kier molecular flexibility index (Phi) is 4.91. The van der Waals surface area contributed by atoms with Crippen molar-refractivity contribution in [3.63, 3.8) is 0 Å². The quantitative estimate of drug-likeness (QED) is 0.486. The molecule has 0 saturated heterocycles. The highest BCUT2D eigenvalue weighted by Gasteiger charge is 2.19. The van der Waals surface area contributed by atoms with Gasteiger partial charge in [0.15, 0.2) is 0 Å². The van der Waals surface area contributed by atoms with Crippen molar-refractivity contribution in [1.29, 1.82) is 0 Å². The van der Waals surface area contributed by atoms with E-state index in [2.05, 4.69) is 10.3 Å². The van der Waals surface area contributed by atoms with E-state index >= 15 is 0 Å². The number of carbonyl (C=O) groups is 2. The summed E-state index contributed by atoms with van der Waals surface area (Å²) in [5.74, 6) is -0.800. The van der Waals surface area contributed by atoms with Crippen molar-refractivity contribution in [3.8, 4) is 28.0 Å². The molecular formula is C25H18N2O5. The molecule has 32 heavy (non-hydrogen) atoms. The van der Waals surface area contributed by atoms with Gasteiger partial charge in [-0.3, -0.25) is 9.78 Å². The number of hydrogen-bond donors (Lipinski definition) is 2. The molecule has 0 bridgehead atoms. The molecule has 5 rings (SSSR count). The van der Waals surface area contributed by atoms with Crippen molar-refractivity contribution in [2.24, 2.45) is 0 Å². The molecule has 0 fully saturated rings. The summed E-state index contributed by atoms with van der Waals surface area (Å²) in [6.45, 7) is 0.708. The van der Waals surface area contributed by atoms with Crippen LogP contribution in [0.5, 0.6) is 5.75 Å². The Labute approximate surface area is 183 Å². The van der Waals surface area contributed by atoms with Crippen LogP contribution in [-0.2, 0) is 13.2 Å². The van der Waals surface area contributed by atoms with Gasteiger partial charge in [-0.25, -0.2) is 4.79 Å². The molecule has 2 aromatic carbocycles. The fourth-order valence-electron chi connectivity index (χ4n) is 3.80. The van der Waals surface area contributed by atoms with Crippen LogP contribution in [0.3, 0.4) is 0 Å². The third kappa shape index (κ3) is 3.60. The second-order valence-electron chi connectivity index (χ2n) is 7.38. The predicted molar refractivity (Wildman–Crippen MR) is 116 cm³/mol. The number of fused-ring (bicyclic) bond motifs is 3. The van der Waals surface area contributed by atoms with Crippen LogP contribution in [0.2, 0.25) is 0 Å². The molecule has 4 aromatic rings. The van der Waals surface area contributed by atoms with Crippen molar-refractivity contribution in [2.45, 2.75) is 13.2 Å². The molecule has 0 aliphatic carbocycles. The molecule has 2 aromatic heterocycles. The highest BCUT2D eigenvalue weighted by atomic mass is 16.5. The SMILES string of the molecule is O=C(NCc1cccc(-c2ccoc2C(=O)O)c1)c1ccc2c(c1)OCc1cnccc1-2. The van der Waals surface area contributed by atoms with Crippen LogP contribution in [0.15, 0.2) is 77.7 Å². The summed E-state index contributed by atoms with van der Waals surface area (Å²) in [6.07, 6.45) is 4.88. The van der Waals surface area contributed by atoms with Crippen molar-refractivity contribution in [3.05, 3.63) is 95.7 Å². The number of aromatic carboxylic acids is 1. The van der Waals surface area contributed by atoms with Crippen LogP contribution in [0.25, 0.3) is 22.3 Å². The number of rotatable bonds is 5. The standard InChI is InChI=1S/C25H18N2O5/c28-24(17-4-5-21-19-6-8-26-13-18(19)14-32-22(21)11-17)27-12-15-2-1-3-16(10-15)20-7-9-31-23(20)25(29)30/h1-11,13H,12,14H2,(H,27,28)(H,29,30). The molecule has 0 radical (unpaired) electrons. The average molecular weight is 426 g/mol. The number of nitrogens with one attached hydrogen (secondary N) is 1. The number of hydrogen-bond acceptors (Lipinski definition) is 5. The van der Waals surface area contributed by atoms with Gasteiger partial charge in [0.2, 0.25) is 5.76 Å². The maximum Gasteiger partial charge on any atom is 0.372 e. The number of benzene rings is 2. The third-order valence-corrected chi connectivity index (χ3v) is 5.37. The fraction of sp³-hybridized carbons (Fsp3) is 0.0800. The number of carboxylic acid groups (broad SMARTS) is 1. The Morgan fingerprint density at radius 3 is 2.81 bits per heavy atom. The van der Waals surface area contributed by atoms with E-state index in [0.29, 0.717) is 35.6 Å². The van der Waals surface area contributed by atoms with Gasteiger partial charge in [0.1, 0.15) is 12.4 Å². The molecule has 0 atom stereocenters. The molecule has 2 N–H and O–H groups in total. The van der Waals surface area contributed by atoms with Crippen molar-refractivity contribution in [2.75, 3.05) is 0 Å². The molecule has 158 valence electrons. The predicted octanol–water partition coefficient (Wildman–Crippen LogP) is 4.53. The molecule has 7 heteroatoms. The zero-order chi connectivity index (χ0) is 22.1. The summed E-state index contributed by atoms with van der Waals surface area (Å²) < 4.78 is 10.9. The normalized spacial score (nSPS) is 11.8. The number of carboxylic acids is 1. The number of furan rings is 1. The van der Waals surface area contributed by atoms with Gasteiger partial charge in [-0.2, -0.15) is 0 Å². The van der Waals surface area contributed by atoms with Gasteiger partial charge >= 0.3 is 5.97 Å². The molecule has 1 aliphatic heterocycles. The van der Waals surface area contributed by atoms with E-state index in [-0.39, 0.29) is 11.7 Å². The maximum absolute atomic E-state index is 12.7. The van der Waals surface area contributed by atoms with Crippen LogP contribution in [0.1, 0.15) is 32.0 Å². The number of ether oxygens (including phenoxy) is 1. The minimum atomic E-state index is -1.13. The summed E-state index contributed by atoms with van der Waals surface area (Å²) in [4.78, 5) is 28.2. The second kappa shape index (κ2) is 8.03. The largest absolute Gasteiger partial charge is 0.488 e. The first kappa shape index (κ1) is 19.6. The highest BCUT2D eigenvalue weighted by Crippen LogP contribution is 2.37. The van der Waals surface area contributed by atoms with E-state index < -0.39 is 5.97 Å². The Balaban J connectivity index is 1.32. The van der Waals surface area contributed by atoms with Gasteiger partial charge in [0.25, 0.3) is 5.91 Å². The summed E-state index contributed by atoms with van der Waals surface area (Å²) in [7, 11) is 0.